The predicted octanol–water partition coefficient (Wildman–Crippen LogP) is 3.88. The molecule has 0 atom stereocenters. The smallest absolute Gasteiger partial charge is 0.277 e. The highest BCUT2D eigenvalue weighted by Crippen LogP contribution is 2.18. The van der Waals surface area contributed by atoms with Gasteiger partial charge in [0.05, 0.1) is 6.21 Å². The molecule has 124 valence electrons. The molecule has 0 saturated carbocycles. The topological polar surface area (TPSA) is 50.7 Å². The van der Waals surface area contributed by atoms with Crippen LogP contribution in [-0.4, -0.2) is 18.7 Å². The summed E-state index contributed by atoms with van der Waals surface area (Å²) in [7, 11) is 0. The first-order valence-corrected chi connectivity index (χ1v) is 7.96. The van der Waals surface area contributed by atoms with Crippen LogP contribution in [0.25, 0.3) is 11.1 Å². The van der Waals surface area contributed by atoms with Crippen molar-refractivity contribution in [2.24, 2.45) is 5.10 Å². The molecule has 3 aromatic carbocycles. The van der Waals surface area contributed by atoms with E-state index in [0.717, 1.165) is 16.7 Å². The molecule has 3 rings (SSSR count). The first kappa shape index (κ1) is 16.5. The number of hydrogen-bond acceptors (Lipinski definition) is 3. The number of hydrazone groups is 1. The summed E-state index contributed by atoms with van der Waals surface area (Å²) in [6.45, 7) is -0.0751. The van der Waals surface area contributed by atoms with E-state index in [9.17, 15) is 4.79 Å². The molecule has 0 radical (unpaired) electrons. The third kappa shape index (κ3) is 5.04. The molecule has 0 aromatic heterocycles. The number of rotatable bonds is 6. The van der Waals surface area contributed by atoms with Crippen LogP contribution >= 0.6 is 0 Å². The maximum atomic E-state index is 11.7. The summed E-state index contributed by atoms with van der Waals surface area (Å²) in [6, 6.07) is 27.3. The van der Waals surface area contributed by atoms with Gasteiger partial charge in [-0.25, -0.2) is 5.43 Å². The molecular weight excluding hydrogens is 312 g/mol. The Morgan fingerprint density at radius 2 is 1.44 bits per heavy atom. The molecule has 3 aromatic rings. The second-order valence-corrected chi connectivity index (χ2v) is 5.38. The summed E-state index contributed by atoms with van der Waals surface area (Å²) in [5.41, 5.74) is 5.66. The highest BCUT2D eigenvalue weighted by molar-refractivity contribution is 5.83. The Kier molecular flexibility index (Phi) is 5.56. The lowest BCUT2D eigenvalue weighted by Gasteiger charge is -2.04. The molecule has 0 heterocycles. The van der Waals surface area contributed by atoms with Crippen LogP contribution in [0.15, 0.2) is 90.0 Å². The quantitative estimate of drug-likeness (QED) is 0.551. The third-order valence-electron chi connectivity index (χ3n) is 3.53. The molecule has 0 unspecified atom stereocenters. The van der Waals surface area contributed by atoms with Crippen molar-refractivity contribution < 1.29 is 9.53 Å². The van der Waals surface area contributed by atoms with Crippen molar-refractivity contribution in [1.29, 1.82) is 0 Å². The minimum Gasteiger partial charge on any atom is -0.484 e. The summed E-state index contributed by atoms with van der Waals surface area (Å²) >= 11 is 0. The van der Waals surface area contributed by atoms with Crippen molar-refractivity contribution in [2.45, 2.75) is 0 Å². The fourth-order valence-electron chi connectivity index (χ4n) is 2.27. The number of benzene rings is 3. The van der Waals surface area contributed by atoms with Crippen molar-refractivity contribution >= 4 is 12.1 Å². The van der Waals surface area contributed by atoms with Crippen LogP contribution in [0.4, 0.5) is 0 Å². The average Bonchev–Trinajstić information content (AvgIpc) is 2.68. The molecule has 0 aliphatic carbocycles. The molecular formula is C21H18N2O2. The van der Waals surface area contributed by atoms with Gasteiger partial charge < -0.3 is 4.74 Å². The van der Waals surface area contributed by atoms with Crippen LogP contribution < -0.4 is 10.2 Å². The van der Waals surface area contributed by atoms with Gasteiger partial charge in [0, 0.05) is 0 Å². The molecule has 0 aliphatic heterocycles. The first-order chi connectivity index (χ1) is 12.3. The molecule has 0 fully saturated rings. The van der Waals surface area contributed by atoms with Crippen molar-refractivity contribution in [3.8, 4) is 16.9 Å². The van der Waals surface area contributed by atoms with Gasteiger partial charge in [0.2, 0.25) is 0 Å². The van der Waals surface area contributed by atoms with E-state index in [1.807, 2.05) is 60.7 Å². The van der Waals surface area contributed by atoms with E-state index in [1.54, 1.807) is 18.3 Å². The zero-order chi connectivity index (χ0) is 17.3. The molecule has 0 bridgehead atoms. The molecule has 1 N–H and O–H groups in total. The number of ether oxygens (including phenoxy) is 1. The van der Waals surface area contributed by atoms with E-state index in [0.29, 0.717) is 5.75 Å². The lowest BCUT2D eigenvalue weighted by Crippen LogP contribution is -2.24. The van der Waals surface area contributed by atoms with Gasteiger partial charge in [0.15, 0.2) is 6.61 Å². The van der Waals surface area contributed by atoms with E-state index in [-0.39, 0.29) is 12.5 Å². The lowest BCUT2D eigenvalue weighted by molar-refractivity contribution is -0.123. The van der Waals surface area contributed by atoms with Gasteiger partial charge >= 0.3 is 0 Å². The number of hydrogen-bond donors (Lipinski definition) is 1. The van der Waals surface area contributed by atoms with E-state index in [1.165, 1.54) is 0 Å². The average molecular weight is 330 g/mol. The largest absolute Gasteiger partial charge is 0.484 e. The number of carbonyl (C=O) groups is 1. The second-order valence-electron chi connectivity index (χ2n) is 5.38. The predicted molar refractivity (Wildman–Crippen MR) is 99.6 cm³/mol. The minimum absolute atomic E-state index is 0.0751. The standard InChI is InChI=1S/C21H18N2O2/c24-21(16-25-20-9-5-2-6-10-20)23-22-15-17-11-13-19(14-12-17)18-7-3-1-4-8-18/h1-15H,16H2,(H,23,24)/b22-15+. The lowest BCUT2D eigenvalue weighted by atomic mass is 10.0. The molecule has 1 amide bonds. The van der Waals surface area contributed by atoms with Crippen LogP contribution in [0.2, 0.25) is 0 Å². The van der Waals surface area contributed by atoms with Crippen LogP contribution in [0.3, 0.4) is 0 Å². The number of carbonyl (C=O) groups excluding carboxylic acids is 1. The van der Waals surface area contributed by atoms with Crippen molar-refractivity contribution in [3.63, 3.8) is 0 Å². The first-order valence-electron chi connectivity index (χ1n) is 7.96. The van der Waals surface area contributed by atoms with Crippen molar-refractivity contribution in [3.05, 3.63) is 90.5 Å². The van der Waals surface area contributed by atoms with Crippen molar-refractivity contribution in [1.82, 2.24) is 5.43 Å². The molecule has 0 aliphatic rings. The molecule has 0 saturated heterocycles. The summed E-state index contributed by atoms with van der Waals surface area (Å²) in [6.07, 6.45) is 1.61. The van der Waals surface area contributed by atoms with Crippen LogP contribution in [0.5, 0.6) is 5.75 Å². The maximum Gasteiger partial charge on any atom is 0.277 e. The van der Waals surface area contributed by atoms with Gasteiger partial charge in [-0.3, -0.25) is 4.79 Å². The number of amides is 1. The van der Waals surface area contributed by atoms with Crippen molar-refractivity contribution in [2.75, 3.05) is 6.61 Å². The van der Waals surface area contributed by atoms with Crippen LogP contribution in [0, 0.1) is 0 Å². The Bertz CT molecular complexity index is 829. The Labute approximate surface area is 146 Å². The van der Waals surface area contributed by atoms with Gasteiger partial charge in [-0.05, 0) is 28.8 Å². The monoisotopic (exact) mass is 330 g/mol. The zero-order valence-corrected chi connectivity index (χ0v) is 13.6. The summed E-state index contributed by atoms with van der Waals surface area (Å²) < 4.78 is 5.35. The van der Waals surface area contributed by atoms with E-state index in [2.05, 4.69) is 22.7 Å². The minimum atomic E-state index is -0.305. The van der Waals surface area contributed by atoms with Gasteiger partial charge in [-0.2, -0.15) is 5.10 Å². The van der Waals surface area contributed by atoms with E-state index >= 15 is 0 Å². The zero-order valence-electron chi connectivity index (χ0n) is 13.6. The molecule has 4 nitrogen and oxygen atoms in total. The number of para-hydroxylation sites is 1. The second kappa shape index (κ2) is 8.45. The van der Waals surface area contributed by atoms with E-state index in [4.69, 9.17) is 4.74 Å². The number of nitrogens with zero attached hydrogens (tertiary/aromatic N) is 1. The third-order valence-corrected chi connectivity index (χ3v) is 3.53. The van der Waals surface area contributed by atoms with Gasteiger partial charge in [0.25, 0.3) is 5.91 Å². The highest BCUT2D eigenvalue weighted by atomic mass is 16.5. The number of nitrogens with one attached hydrogen (secondary N) is 1. The fourth-order valence-corrected chi connectivity index (χ4v) is 2.27. The maximum absolute atomic E-state index is 11.7. The van der Waals surface area contributed by atoms with Crippen LogP contribution in [-0.2, 0) is 4.79 Å². The summed E-state index contributed by atoms with van der Waals surface area (Å²) in [4.78, 5) is 11.7. The Morgan fingerprint density at radius 3 is 2.12 bits per heavy atom. The Morgan fingerprint density at radius 1 is 0.840 bits per heavy atom. The van der Waals surface area contributed by atoms with Gasteiger partial charge in [0.1, 0.15) is 5.75 Å². The molecule has 0 spiro atoms. The summed E-state index contributed by atoms with van der Waals surface area (Å²) in [5, 5.41) is 3.95. The fraction of sp³-hybridized carbons (Fsp3) is 0.0476. The SMILES string of the molecule is O=C(COc1ccccc1)N/N=C/c1ccc(-c2ccccc2)cc1. The normalized spacial score (nSPS) is 10.6. The van der Waals surface area contributed by atoms with E-state index < -0.39 is 0 Å². The molecule has 4 heteroatoms. The van der Waals surface area contributed by atoms with Crippen LogP contribution in [0.1, 0.15) is 5.56 Å². The van der Waals surface area contributed by atoms with Gasteiger partial charge in [-0.15, -0.1) is 0 Å². The summed E-state index contributed by atoms with van der Waals surface area (Å²) in [5.74, 6) is 0.346. The molecule has 25 heavy (non-hydrogen) atoms. The van der Waals surface area contributed by atoms with Gasteiger partial charge in [-0.1, -0.05) is 72.8 Å². The highest BCUT2D eigenvalue weighted by Gasteiger charge is 2.00. The Hall–Kier alpha value is -3.40. The Balaban J connectivity index is 1.49.